The molecule has 1 aromatic heterocycles. The lowest BCUT2D eigenvalue weighted by molar-refractivity contribution is 0.221. The molecule has 3 nitrogen and oxygen atoms in total. The molecule has 3 aromatic carbocycles. The van der Waals surface area contributed by atoms with Crippen molar-refractivity contribution in [2.45, 2.75) is 19.3 Å². The van der Waals surface area contributed by atoms with Gasteiger partial charge in [0.25, 0.3) is 0 Å². The molecule has 0 N–H and O–H groups in total. The van der Waals surface area contributed by atoms with Crippen LogP contribution in [-0.2, 0) is 0 Å². The van der Waals surface area contributed by atoms with Crippen LogP contribution in [0.1, 0.15) is 30.4 Å². The van der Waals surface area contributed by atoms with Gasteiger partial charge in [-0.3, -0.25) is 0 Å². The van der Waals surface area contributed by atoms with E-state index in [2.05, 4.69) is 82.7 Å². The number of benzene rings is 3. The first-order valence-corrected chi connectivity index (χ1v) is 11.9. The minimum Gasteiger partial charge on any atom is -0.478 e. The Morgan fingerprint density at radius 3 is 2.06 bits per heavy atom. The quantitative estimate of drug-likeness (QED) is 0.306. The monoisotopic (exact) mass is 434 g/mol. The average molecular weight is 435 g/mol. The minimum atomic E-state index is 0.698. The lowest BCUT2D eigenvalue weighted by Gasteiger charge is -2.30. The van der Waals surface area contributed by atoms with Crippen molar-refractivity contribution in [3.8, 4) is 5.88 Å². The molecule has 0 saturated carbocycles. The molecule has 4 aromatic rings. The summed E-state index contributed by atoms with van der Waals surface area (Å²) in [5.74, 6) is 0.716. The van der Waals surface area contributed by atoms with Gasteiger partial charge in [-0.1, -0.05) is 84.4 Å². The van der Waals surface area contributed by atoms with Gasteiger partial charge in [-0.15, -0.1) is 0 Å². The zero-order chi connectivity index (χ0) is 22.3. The Labute approximate surface area is 196 Å². The number of ether oxygens (including phenoxy) is 1. The number of para-hydroxylation sites is 1. The summed E-state index contributed by atoms with van der Waals surface area (Å²) in [4.78, 5) is 7.17. The van der Waals surface area contributed by atoms with Crippen LogP contribution in [0.4, 0.5) is 0 Å². The zero-order valence-corrected chi connectivity index (χ0v) is 19.0. The minimum absolute atomic E-state index is 0.698. The number of aromatic nitrogens is 1. The highest BCUT2D eigenvalue weighted by molar-refractivity contribution is 5.82. The SMILES string of the molecule is c1ccc(C(=C2CCN(CCCOc3ccc4ccccc4n3)CC2)c2ccccc2)cc1. The normalized spacial score (nSPS) is 14.4. The summed E-state index contributed by atoms with van der Waals surface area (Å²) in [7, 11) is 0. The Morgan fingerprint density at radius 1 is 0.727 bits per heavy atom. The summed E-state index contributed by atoms with van der Waals surface area (Å²) in [6.45, 7) is 3.97. The molecule has 1 aliphatic heterocycles. The third-order valence-corrected chi connectivity index (χ3v) is 6.38. The maximum atomic E-state index is 5.93. The van der Waals surface area contributed by atoms with Gasteiger partial charge in [0.2, 0.25) is 5.88 Å². The molecule has 0 unspecified atom stereocenters. The number of hydrogen-bond acceptors (Lipinski definition) is 3. The van der Waals surface area contributed by atoms with E-state index in [1.165, 1.54) is 16.7 Å². The fourth-order valence-electron chi connectivity index (χ4n) is 4.67. The number of likely N-dealkylation sites (tertiary alicyclic amines) is 1. The maximum absolute atomic E-state index is 5.93. The third kappa shape index (κ3) is 5.32. The molecule has 5 rings (SSSR count). The second-order valence-corrected chi connectivity index (χ2v) is 8.60. The van der Waals surface area contributed by atoms with Crippen molar-refractivity contribution in [1.82, 2.24) is 9.88 Å². The highest BCUT2D eigenvalue weighted by atomic mass is 16.5. The summed E-state index contributed by atoms with van der Waals surface area (Å²) in [6, 6.07) is 33.9. The molecular weight excluding hydrogens is 404 g/mol. The van der Waals surface area contributed by atoms with Crippen LogP contribution in [0, 0.1) is 0 Å². The second-order valence-electron chi connectivity index (χ2n) is 8.60. The lowest BCUT2D eigenvalue weighted by Crippen LogP contribution is -2.32. The standard InChI is InChI=1S/C30H30N2O/c1-3-11-25(12-4-1)30(26-13-5-2-6-14-26)27-18-21-32(22-19-27)20-9-23-33-29-17-16-24-10-7-8-15-28(24)31-29/h1-8,10-17H,9,18-23H2. The van der Waals surface area contributed by atoms with Crippen molar-refractivity contribution in [2.75, 3.05) is 26.2 Å². The predicted molar refractivity (Wildman–Crippen MR) is 136 cm³/mol. The number of fused-ring (bicyclic) bond motifs is 1. The molecule has 3 heteroatoms. The summed E-state index contributed by atoms with van der Waals surface area (Å²) >= 11 is 0. The Hall–Kier alpha value is -3.43. The van der Waals surface area contributed by atoms with Gasteiger partial charge in [-0.25, -0.2) is 4.98 Å². The van der Waals surface area contributed by atoms with E-state index in [0.717, 1.165) is 49.8 Å². The Bertz CT molecular complexity index is 1170. The first-order valence-electron chi connectivity index (χ1n) is 11.9. The van der Waals surface area contributed by atoms with E-state index >= 15 is 0 Å². The fourth-order valence-corrected chi connectivity index (χ4v) is 4.67. The molecule has 1 saturated heterocycles. The number of pyridine rings is 1. The highest BCUT2D eigenvalue weighted by Gasteiger charge is 2.18. The molecule has 0 spiro atoms. The molecule has 2 heterocycles. The Morgan fingerprint density at radius 2 is 1.36 bits per heavy atom. The van der Waals surface area contributed by atoms with Gasteiger partial charge in [0, 0.05) is 31.1 Å². The van der Waals surface area contributed by atoms with Crippen LogP contribution in [0.25, 0.3) is 16.5 Å². The molecule has 33 heavy (non-hydrogen) atoms. The number of nitrogens with zero attached hydrogens (tertiary/aromatic N) is 2. The molecule has 0 bridgehead atoms. The first kappa shape index (κ1) is 21.4. The molecule has 1 aliphatic rings. The van der Waals surface area contributed by atoms with Crippen LogP contribution < -0.4 is 4.74 Å². The van der Waals surface area contributed by atoms with Gasteiger partial charge in [-0.2, -0.15) is 0 Å². The van der Waals surface area contributed by atoms with E-state index in [9.17, 15) is 0 Å². The molecule has 1 fully saturated rings. The van der Waals surface area contributed by atoms with Crippen LogP contribution in [0.5, 0.6) is 5.88 Å². The molecular formula is C30H30N2O. The van der Waals surface area contributed by atoms with Gasteiger partial charge < -0.3 is 9.64 Å². The van der Waals surface area contributed by atoms with E-state index in [1.54, 1.807) is 5.57 Å². The van der Waals surface area contributed by atoms with Crippen molar-refractivity contribution >= 4 is 16.5 Å². The largest absolute Gasteiger partial charge is 0.478 e. The van der Waals surface area contributed by atoms with E-state index in [0.29, 0.717) is 12.5 Å². The van der Waals surface area contributed by atoms with E-state index < -0.39 is 0 Å². The van der Waals surface area contributed by atoms with Crippen LogP contribution in [-0.4, -0.2) is 36.1 Å². The molecule has 0 aliphatic carbocycles. The Balaban J connectivity index is 1.17. The van der Waals surface area contributed by atoms with Gasteiger partial charge in [0.1, 0.15) is 0 Å². The summed E-state index contributed by atoms with van der Waals surface area (Å²) in [5, 5.41) is 1.15. The average Bonchev–Trinajstić information content (AvgIpc) is 2.89. The van der Waals surface area contributed by atoms with Crippen molar-refractivity contribution in [3.63, 3.8) is 0 Å². The smallest absolute Gasteiger partial charge is 0.213 e. The predicted octanol–water partition coefficient (Wildman–Crippen LogP) is 6.60. The van der Waals surface area contributed by atoms with Crippen molar-refractivity contribution in [1.29, 1.82) is 0 Å². The van der Waals surface area contributed by atoms with Crippen molar-refractivity contribution in [3.05, 3.63) is 114 Å². The van der Waals surface area contributed by atoms with E-state index in [1.807, 2.05) is 24.3 Å². The molecule has 0 atom stereocenters. The van der Waals surface area contributed by atoms with Crippen LogP contribution in [0.3, 0.4) is 0 Å². The molecule has 0 amide bonds. The van der Waals surface area contributed by atoms with Gasteiger partial charge in [0.05, 0.1) is 12.1 Å². The summed E-state index contributed by atoms with van der Waals surface area (Å²) in [6.07, 6.45) is 3.25. The van der Waals surface area contributed by atoms with Gasteiger partial charge in [0.15, 0.2) is 0 Å². The van der Waals surface area contributed by atoms with Gasteiger partial charge >= 0.3 is 0 Å². The lowest BCUT2D eigenvalue weighted by atomic mass is 9.88. The zero-order valence-electron chi connectivity index (χ0n) is 19.0. The number of piperidine rings is 1. The Kier molecular flexibility index (Phi) is 6.79. The van der Waals surface area contributed by atoms with Crippen LogP contribution in [0.15, 0.2) is 103 Å². The highest BCUT2D eigenvalue weighted by Crippen LogP contribution is 2.32. The topological polar surface area (TPSA) is 25.4 Å². The van der Waals surface area contributed by atoms with E-state index in [4.69, 9.17) is 4.74 Å². The van der Waals surface area contributed by atoms with Crippen molar-refractivity contribution < 1.29 is 4.74 Å². The number of rotatable bonds is 7. The van der Waals surface area contributed by atoms with E-state index in [-0.39, 0.29) is 0 Å². The fraction of sp³-hybridized carbons (Fsp3) is 0.233. The third-order valence-electron chi connectivity index (χ3n) is 6.38. The molecule has 0 radical (unpaired) electrons. The molecule has 166 valence electrons. The summed E-state index contributed by atoms with van der Waals surface area (Å²) < 4.78 is 5.93. The number of hydrogen-bond donors (Lipinski definition) is 0. The second kappa shape index (κ2) is 10.5. The van der Waals surface area contributed by atoms with Crippen LogP contribution >= 0.6 is 0 Å². The summed E-state index contributed by atoms with van der Waals surface area (Å²) in [5.41, 5.74) is 6.62. The maximum Gasteiger partial charge on any atom is 0.213 e. The van der Waals surface area contributed by atoms with Gasteiger partial charge in [-0.05, 0) is 48.1 Å². The van der Waals surface area contributed by atoms with Crippen molar-refractivity contribution in [2.24, 2.45) is 0 Å². The van der Waals surface area contributed by atoms with Crippen LogP contribution in [0.2, 0.25) is 0 Å². The first-order chi connectivity index (χ1) is 16.4.